The maximum atomic E-state index is 13.6. The molecule has 0 bridgehead atoms. The quantitative estimate of drug-likeness (QED) is 0.946. The summed E-state index contributed by atoms with van der Waals surface area (Å²) in [7, 11) is 0. The van der Waals surface area contributed by atoms with Crippen LogP contribution < -0.4 is 5.32 Å². The Bertz CT molecular complexity index is 781. The van der Waals surface area contributed by atoms with E-state index in [0.717, 1.165) is 0 Å². The normalized spacial score (nSPS) is 14.6. The summed E-state index contributed by atoms with van der Waals surface area (Å²) in [6, 6.07) is 12.1. The van der Waals surface area contributed by atoms with E-state index in [1.54, 1.807) is 31.2 Å². The number of benzene rings is 2. The number of hydrogen-bond donors (Lipinski definition) is 1. The Labute approximate surface area is 133 Å². The first-order chi connectivity index (χ1) is 11.0. The molecule has 2 aromatic carbocycles. The van der Waals surface area contributed by atoms with Crippen LogP contribution in [0.15, 0.2) is 55.1 Å². The molecule has 3 rings (SSSR count). The van der Waals surface area contributed by atoms with Crippen molar-refractivity contribution >= 4 is 23.2 Å². The van der Waals surface area contributed by atoms with Crippen molar-refractivity contribution in [1.82, 2.24) is 4.90 Å². The molecule has 0 spiro atoms. The molecule has 116 valence electrons. The molecule has 2 amide bonds. The third-order valence-corrected chi connectivity index (χ3v) is 3.88. The smallest absolute Gasteiger partial charge is 0.259 e. The van der Waals surface area contributed by atoms with Crippen molar-refractivity contribution in [3.63, 3.8) is 0 Å². The van der Waals surface area contributed by atoms with Crippen LogP contribution in [0.2, 0.25) is 0 Å². The molecule has 1 aliphatic rings. The molecule has 1 N–H and O–H groups in total. The van der Waals surface area contributed by atoms with E-state index in [0.29, 0.717) is 16.8 Å². The number of para-hydroxylation sites is 1. The van der Waals surface area contributed by atoms with Gasteiger partial charge < -0.3 is 5.32 Å². The van der Waals surface area contributed by atoms with Crippen molar-refractivity contribution in [2.75, 3.05) is 5.32 Å². The molecule has 0 saturated heterocycles. The molecular formula is C18H15FN2O2. The van der Waals surface area contributed by atoms with Gasteiger partial charge in [-0.1, -0.05) is 36.9 Å². The van der Waals surface area contributed by atoms with E-state index >= 15 is 0 Å². The van der Waals surface area contributed by atoms with Gasteiger partial charge in [-0.3, -0.25) is 14.5 Å². The number of carbonyl (C=O) groups excluding carboxylic acids is 2. The minimum Gasteiger partial charge on any atom is -0.322 e. The maximum absolute atomic E-state index is 13.6. The highest BCUT2D eigenvalue weighted by atomic mass is 19.1. The SMILES string of the molecule is C=C1c2ccccc2C(=O)N1[C@@H](C)C(=O)Nc1ccccc1F. The van der Waals surface area contributed by atoms with Gasteiger partial charge in [0.1, 0.15) is 11.9 Å². The van der Waals surface area contributed by atoms with Gasteiger partial charge in [0, 0.05) is 16.8 Å². The van der Waals surface area contributed by atoms with E-state index in [4.69, 9.17) is 0 Å². The number of anilines is 1. The molecule has 1 heterocycles. The molecule has 0 saturated carbocycles. The molecule has 0 fully saturated rings. The van der Waals surface area contributed by atoms with E-state index in [1.807, 2.05) is 6.07 Å². The molecule has 1 atom stereocenters. The Balaban J connectivity index is 1.83. The number of amides is 2. The minimum atomic E-state index is -0.804. The number of carbonyl (C=O) groups is 2. The highest BCUT2D eigenvalue weighted by Gasteiger charge is 2.36. The Morgan fingerprint density at radius 2 is 1.74 bits per heavy atom. The topological polar surface area (TPSA) is 49.4 Å². The van der Waals surface area contributed by atoms with Gasteiger partial charge in [-0.15, -0.1) is 0 Å². The molecule has 2 aromatic rings. The van der Waals surface area contributed by atoms with Crippen LogP contribution in [0, 0.1) is 5.82 Å². The molecular weight excluding hydrogens is 295 g/mol. The summed E-state index contributed by atoms with van der Waals surface area (Å²) < 4.78 is 13.6. The van der Waals surface area contributed by atoms with Crippen LogP contribution >= 0.6 is 0 Å². The second-order valence-corrected chi connectivity index (χ2v) is 5.31. The van der Waals surface area contributed by atoms with Crippen LogP contribution in [-0.2, 0) is 4.79 Å². The van der Waals surface area contributed by atoms with Crippen molar-refractivity contribution in [2.24, 2.45) is 0 Å². The summed E-state index contributed by atoms with van der Waals surface area (Å²) >= 11 is 0. The van der Waals surface area contributed by atoms with Crippen molar-refractivity contribution < 1.29 is 14.0 Å². The molecule has 4 nitrogen and oxygen atoms in total. The van der Waals surface area contributed by atoms with Crippen LogP contribution in [0.25, 0.3) is 5.70 Å². The lowest BCUT2D eigenvalue weighted by Crippen LogP contribution is -2.41. The second kappa shape index (κ2) is 5.68. The highest BCUT2D eigenvalue weighted by molar-refractivity contribution is 6.11. The summed E-state index contributed by atoms with van der Waals surface area (Å²) in [5.41, 5.74) is 1.78. The molecule has 1 aliphatic heterocycles. The summed E-state index contributed by atoms with van der Waals surface area (Å²) in [6.45, 7) is 5.49. The number of hydrogen-bond acceptors (Lipinski definition) is 2. The highest BCUT2D eigenvalue weighted by Crippen LogP contribution is 2.33. The van der Waals surface area contributed by atoms with Gasteiger partial charge in [-0.2, -0.15) is 0 Å². The number of nitrogens with one attached hydrogen (secondary N) is 1. The van der Waals surface area contributed by atoms with Crippen molar-refractivity contribution in [3.8, 4) is 0 Å². The van der Waals surface area contributed by atoms with Crippen LogP contribution in [0.3, 0.4) is 0 Å². The van der Waals surface area contributed by atoms with Crippen LogP contribution in [0.4, 0.5) is 10.1 Å². The van der Waals surface area contributed by atoms with Gasteiger partial charge >= 0.3 is 0 Å². The summed E-state index contributed by atoms with van der Waals surface area (Å²) in [5.74, 6) is -1.28. The summed E-state index contributed by atoms with van der Waals surface area (Å²) in [6.07, 6.45) is 0. The van der Waals surface area contributed by atoms with E-state index < -0.39 is 17.8 Å². The van der Waals surface area contributed by atoms with Gasteiger partial charge in [0.15, 0.2) is 0 Å². The first kappa shape index (κ1) is 15.0. The number of nitrogens with zero attached hydrogens (tertiary/aromatic N) is 1. The van der Waals surface area contributed by atoms with Gasteiger partial charge in [-0.25, -0.2) is 4.39 Å². The zero-order valence-corrected chi connectivity index (χ0v) is 12.5. The zero-order valence-electron chi connectivity index (χ0n) is 12.5. The average Bonchev–Trinajstić information content (AvgIpc) is 2.81. The zero-order chi connectivity index (χ0) is 16.6. The number of halogens is 1. The third-order valence-electron chi connectivity index (χ3n) is 3.88. The van der Waals surface area contributed by atoms with E-state index in [2.05, 4.69) is 11.9 Å². The number of fused-ring (bicyclic) bond motifs is 1. The Morgan fingerprint density at radius 3 is 2.39 bits per heavy atom. The van der Waals surface area contributed by atoms with Gasteiger partial charge in [0.25, 0.3) is 5.91 Å². The molecule has 0 aliphatic carbocycles. The molecule has 0 aromatic heterocycles. The lowest BCUT2D eigenvalue weighted by Gasteiger charge is -2.24. The fourth-order valence-corrected chi connectivity index (χ4v) is 2.63. The minimum absolute atomic E-state index is 0.0825. The molecule has 0 unspecified atom stereocenters. The standard InChI is InChI=1S/C18H15FN2O2/c1-11-13-7-3-4-8-14(13)18(23)21(11)12(2)17(22)20-16-10-6-5-9-15(16)19/h3-10,12H,1H2,2H3,(H,20,22)/t12-/m0/s1. The predicted octanol–water partition coefficient (Wildman–Crippen LogP) is 3.28. The molecule has 5 heteroatoms. The van der Waals surface area contributed by atoms with E-state index in [1.165, 1.54) is 23.1 Å². The fourth-order valence-electron chi connectivity index (χ4n) is 2.63. The van der Waals surface area contributed by atoms with E-state index in [9.17, 15) is 14.0 Å². The first-order valence-corrected chi connectivity index (χ1v) is 7.18. The Hall–Kier alpha value is -2.95. The van der Waals surface area contributed by atoms with Crippen molar-refractivity contribution in [3.05, 3.63) is 72.1 Å². The van der Waals surface area contributed by atoms with Gasteiger partial charge in [-0.05, 0) is 25.1 Å². The Kier molecular flexibility index (Phi) is 3.70. The van der Waals surface area contributed by atoms with Gasteiger partial charge in [0.05, 0.1) is 5.69 Å². The van der Waals surface area contributed by atoms with Crippen LogP contribution in [0.1, 0.15) is 22.8 Å². The largest absolute Gasteiger partial charge is 0.322 e. The predicted molar refractivity (Wildman–Crippen MR) is 86.1 cm³/mol. The molecule has 0 radical (unpaired) electrons. The van der Waals surface area contributed by atoms with Crippen LogP contribution in [0.5, 0.6) is 0 Å². The lowest BCUT2D eigenvalue weighted by molar-refractivity contribution is -0.119. The molecule has 23 heavy (non-hydrogen) atoms. The fraction of sp³-hybridized carbons (Fsp3) is 0.111. The van der Waals surface area contributed by atoms with Crippen molar-refractivity contribution in [1.29, 1.82) is 0 Å². The van der Waals surface area contributed by atoms with Gasteiger partial charge in [0.2, 0.25) is 5.91 Å². The van der Waals surface area contributed by atoms with Crippen LogP contribution in [-0.4, -0.2) is 22.8 Å². The number of rotatable bonds is 3. The maximum Gasteiger partial charge on any atom is 0.259 e. The summed E-state index contributed by atoms with van der Waals surface area (Å²) in [4.78, 5) is 26.2. The first-order valence-electron chi connectivity index (χ1n) is 7.18. The summed E-state index contributed by atoms with van der Waals surface area (Å²) in [5, 5.41) is 2.51. The second-order valence-electron chi connectivity index (χ2n) is 5.31. The lowest BCUT2D eigenvalue weighted by atomic mass is 10.1. The monoisotopic (exact) mass is 310 g/mol. The third kappa shape index (κ3) is 2.50. The Morgan fingerprint density at radius 1 is 1.13 bits per heavy atom. The van der Waals surface area contributed by atoms with E-state index in [-0.39, 0.29) is 11.6 Å². The average molecular weight is 310 g/mol. The van der Waals surface area contributed by atoms with Crippen molar-refractivity contribution in [2.45, 2.75) is 13.0 Å².